The molecule has 2 aliphatic rings. The first-order chi connectivity index (χ1) is 19.7. The fraction of sp³-hybridized carbons (Fsp3) is 0.267. The summed E-state index contributed by atoms with van der Waals surface area (Å²) >= 11 is 0. The fourth-order valence-corrected chi connectivity index (χ4v) is 6.38. The van der Waals surface area contributed by atoms with Crippen molar-refractivity contribution in [2.75, 3.05) is 30.9 Å². The molecule has 2 aliphatic heterocycles. The Kier molecular flexibility index (Phi) is 7.14. The number of ether oxygens (including phenoxy) is 1. The SMILES string of the molecule is Cc1cccc(C)c1-c1cc2nc(n1)NS(=O)(=O)c1cccc(c1)C(=O)N1CCN(Cc3ccncc3)CC(C1)O2. The average molecular weight is 571 g/mol. The number of hydrogen-bond acceptors (Lipinski definition) is 8. The van der Waals surface area contributed by atoms with Crippen LogP contribution in [0.1, 0.15) is 27.0 Å². The van der Waals surface area contributed by atoms with Crippen molar-refractivity contribution in [1.82, 2.24) is 24.8 Å². The molecule has 2 aromatic carbocycles. The number of fused-ring (bicyclic) bond motifs is 6. The van der Waals surface area contributed by atoms with Crippen molar-refractivity contribution in [1.29, 1.82) is 0 Å². The van der Waals surface area contributed by atoms with Crippen LogP contribution < -0.4 is 9.46 Å². The van der Waals surface area contributed by atoms with Gasteiger partial charge in [0.1, 0.15) is 6.10 Å². The van der Waals surface area contributed by atoms with Crippen molar-refractivity contribution in [3.8, 4) is 17.1 Å². The van der Waals surface area contributed by atoms with E-state index in [1.54, 1.807) is 35.5 Å². The van der Waals surface area contributed by atoms with Crippen molar-refractivity contribution >= 4 is 21.9 Å². The van der Waals surface area contributed by atoms with Crippen LogP contribution >= 0.6 is 0 Å². The van der Waals surface area contributed by atoms with Crippen molar-refractivity contribution in [3.05, 3.63) is 95.3 Å². The van der Waals surface area contributed by atoms with E-state index >= 15 is 0 Å². The highest BCUT2D eigenvalue weighted by Gasteiger charge is 2.30. The normalized spacial score (nSPS) is 18.6. The topological polar surface area (TPSA) is 118 Å². The lowest BCUT2D eigenvalue weighted by atomic mass is 10.00. The zero-order chi connectivity index (χ0) is 28.6. The predicted molar refractivity (Wildman–Crippen MR) is 154 cm³/mol. The number of aromatic nitrogens is 3. The number of aryl methyl sites for hydroxylation is 2. The van der Waals surface area contributed by atoms with Crippen LogP contribution in [0.5, 0.6) is 5.88 Å². The van der Waals surface area contributed by atoms with E-state index in [2.05, 4.69) is 24.6 Å². The molecule has 1 atom stereocenters. The molecule has 0 saturated carbocycles. The number of amides is 1. The molecule has 0 spiro atoms. The van der Waals surface area contributed by atoms with Crippen molar-refractivity contribution in [2.24, 2.45) is 0 Å². The predicted octanol–water partition coefficient (Wildman–Crippen LogP) is 3.68. The molecule has 1 fully saturated rings. The summed E-state index contributed by atoms with van der Waals surface area (Å²) in [5.41, 5.74) is 4.80. The number of carbonyl (C=O) groups is 1. The monoisotopic (exact) mass is 570 g/mol. The van der Waals surface area contributed by atoms with E-state index in [4.69, 9.17) is 4.74 Å². The molecule has 0 radical (unpaired) electrons. The highest BCUT2D eigenvalue weighted by atomic mass is 32.2. The van der Waals surface area contributed by atoms with Gasteiger partial charge in [-0.15, -0.1) is 0 Å². The molecule has 1 saturated heterocycles. The number of anilines is 1. The van der Waals surface area contributed by atoms with Crippen LogP contribution in [0.15, 0.2) is 78.0 Å². The minimum absolute atomic E-state index is 0.0446. The minimum atomic E-state index is -4.09. The second kappa shape index (κ2) is 10.9. The molecule has 4 heterocycles. The second-order valence-electron chi connectivity index (χ2n) is 10.4. The molecule has 0 aliphatic carbocycles. The Bertz CT molecular complexity index is 1690. The number of nitrogens with zero attached hydrogens (tertiary/aromatic N) is 5. The summed E-state index contributed by atoms with van der Waals surface area (Å²) in [5, 5.41) is 0. The zero-order valence-electron chi connectivity index (χ0n) is 22.8. The van der Waals surface area contributed by atoms with Crippen molar-refractivity contribution < 1.29 is 17.9 Å². The third-order valence-corrected chi connectivity index (χ3v) is 8.68. The zero-order valence-corrected chi connectivity index (χ0v) is 23.6. The maximum atomic E-state index is 13.7. The Hall–Kier alpha value is -4.35. The molecule has 6 bridgehead atoms. The van der Waals surface area contributed by atoms with Gasteiger partial charge in [0.05, 0.1) is 17.1 Å². The fourth-order valence-electron chi connectivity index (χ4n) is 5.39. The van der Waals surface area contributed by atoms with E-state index in [0.717, 1.165) is 22.3 Å². The van der Waals surface area contributed by atoms with E-state index < -0.39 is 16.1 Å². The number of hydrogen-bond donors (Lipinski definition) is 1. The molecular weight excluding hydrogens is 540 g/mol. The number of pyridine rings is 1. The Morgan fingerprint density at radius 3 is 2.49 bits per heavy atom. The van der Waals surface area contributed by atoms with E-state index in [9.17, 15) is 13.2 Å². The Morgan fingerprint density at radius 1 is 0.951 bits per heavy atom. The number of nitrogens with one attached hydrogen (secondary N) is 1. The van der Waals surface area contributed by atoms with Crippen molar-refractivity contribution in [2.45, 2.75) is 31.4 Å². The van der Waals surface area contributed by atoms with Gasteiger partial charge in [0.25, 0.3) is 15.9 Å². The molecule has 11 heteroatoms. The van der Waals surface area contributed by atoms with Crippen molar-refractivity contribution in [3.63, 3.8) is 0 Å². The quantitative estimate of drug-likeness (QED) is 0.397. The van der Waals surface area contributed by atoms with Crippen LogP contribution in [0.4, 0.5) is 5.95 Å². The van der Waals surface area contributed by atoms with Crippen LogP contribution in [0.25, 0.3) is 11.3 Å². The standard InChI is InChI=1S/C30H30N6O4S/c1-20-5-3-6-21(2)28(20)26-16-27-33-30(32-26)34-41(38,39)25-8-4-7-23(15-25)29(37)36-14-13-35(18-24(19-36)40-27)17-22-9-11-31-12-10-22/h3-12,15-16,24H,13-14,17-19H2,1-2H3,(H,32,33,34). The Labute approximate surface area is 239 Å². The van der Waals surface area contributed by atoms with Crippen LogP contribution in [0.2, 0.25) is 0 Å². The Morgan fingerprint density at radius 2 is 1.71 bits per heavy atom. The molecule has 4 aromatic rings. The second-order valence-corrected chi connectivity index (χ2v) is 12.1. The Balaban J connectivity index is 1.46. The summed E-state index contributed by atoms with van der Waals surface area (Å²) in [4.78, 5) is 30.8. The lowest BCUT2D eigenvalue weighted by Gasteiger charge is -2.25. The average Bonchev–Trinajstić information content (AvgIpc) is 3.14. The molecule has 210 valence electrons. The van der Waals surface area contributed by atoms with Gasteiger partial charge in [0, 0.05) is 55.8 Å². The van der Waals surface area contributed by atoms with Gasteiger partial charge in [0.15, 0.2) is 0 Å². The minimum Gasteiger partial charge on any atom is -0.471 e. The highest BCUT2D eigenvalue weighted by Crippen LogP contribution is 2.30. The van der Waals surface area contributed by atoms with Crippen LogP contribution in [0, 0.1) is 13.8 Å². The summed E-state index contributed by atoms with van der Waals surface area (Å²) in [5.74, 6) is -0.130. The van der Waals surface area contributed by atoms with E-state index in [1.807, 2.05) is 44.2 Å². The van der Waals surface area contributed by atoms with Gasteiger partial charge in [-0.1, -0.05) is 24.3 Å². The summed E-state index contributed by atoms with van der Waals surface area (Å²) in [6.45, 7) is 6.56. The number of rotatable bonds is 3. The van der Waals surface area contributed by atoms with Gasteiger partial charge in [-0.3, -0.25) is 14.7 Å². The van der Waals surface area contributed by atoms with Crippen LogP contribution in [-0.2, 0) is 16.6 Å². The summed E-state index contributed by atoms with van der Waals surface area (Å²) < 4.78 is 35.8. The first kappa shape index (κ1) is 26.9. The lowest BCUT2D eigenvalue weighted by Crippen LogP contribution is -2.40. The highest BCUT2D eigenvalue weighted by molar-refractivity contribution is 7.92. The third kappa shape index (κ3) is 5.77. The van der Waals surface area contributed by atoms with Gasteiger partial charge in [-0.05, 0) is 60.9 Å². The maximum absolute atomic E-state index is 13.7. The molecule has 1 N–H and O–H groups in total. The number of carbonyl (C=O) groups excluding carboxylic acids is 1. The smallest absolute Gasteiger partial charge is 0.264 e. The molecule has 1 unspecified atom stereocenters. The van der Waals surface area contributed by atoms with E-state index in [0.29, 0.717) is 38.4 Å². The largest absolute Gasteiger partial charge is 0.471 e. The summed E-state index contributed by atoms with van der Waals surface area (Å²) in [7, 11) is -4.09. The molecule has 2 aromatic heterocycles. The van der Waals surface area contributed by atoms with Gasteiger partial charge in [0.2, 0.25) is 11.8 Å². The van der Waals surface area contributed by atoms with Crippen LogP contribution in [-0.4, -0.2) is 71.4 Å². The first-order valence-electron chi connectivity index (χ1n) is 13.4. The maximum Gasteiger partial charge on any atom is 0.264 e. The summed E-state index contributed by atoms with van der Waals surface area (Å²) in [6, 6.07) is 17.7. The number of sulfonamides is 1. The molecule has 41 heavy (non-hydrogen) atoms. The summed E-state index contributed by atoms with van der Waals surface area (Å²) in [6.07, 6.45) is 3.10. The third-order valence-electron chi connectivity index (χ3n) is 7.36. The lowest BCUT2D eigenvalue weighted by molar-refractivity contribution is 0.0690. The van der Waals surface area contributed by atoms with Gasteiger partial charge >= 0.3 is 0 Å². The van der Waals surface area contributed by atoms with Gasteiger partial charge in [-0.25, -0.2) is 18.1 Å². The molecule has 1 amide bonds. The molecular formula is C30H30N6O4S. The van der Waals surface area contributed by atoms with Gasteiger partial charge < -0.3 is 9.64 Å². The first-order valence-corrected chi connectivity index (χ1v) is 14.9. The molecule has 6 rings (SSSR count). The van der Waals surface area contributed by atoms with Gasteiger partial charge in [-0.2, -0.15) is 4.98 Å². The molecule has 10 nitrogen and oxygen atoms in total. The van der Waals surface area contributed by atoms with E-state index in [1.165, 1.54) is 12.1 Å². The van der Waals surface area contributed by atoms with Crippen LogP contribution in [0.3, 0.4) is 0 Å². The van der Waals surface area contributed by atoms with E-state index in [-0.39, 0.29) is 28.2 Å². The number of benzene rings is 2.